The Morgan fingerprint density at radius 1 is 1.29 bits per heavy atom. The number of rotatable bonds is 4. The number of anilines is 1. The van der Waals surface area contributed by atoms with E-state index in [1.54, 1.807) is 12.4 Å². The minimum Gasteiger partial charge on any atom is -0.373 e. The number of nitrogens with one attached hydrogen (secondary N) is 1. The number of aromatic nitrogens is 1. The highest BCUT2D eigenvalue weighted by atomic mass is 16.2. The highest BCUT2D eigenvalue weighted by Crippen LogP contribution is 2.25. The second-order valence-corrected chi connectivity index (χ2v) is 5.42. The van der Waals surface area contributed by atoms with Crippen LogP contribution in [0.25, 0.3) is 0 Å². The second-order valence-electron chi connectivity index (χ2n) is 5.42. The van der Waals surface area contributed by atoms with Gasteiger partial charge in [0.1, 0.15) is 6.04 Å². The lowest BCUT2D eigenvalue weighted by molar-refractivity contribution is -0.130. The lowest BCUT2D eigenvalue weighted by Gasteiger charge is -2.21. The van der Waals surface area contributed by atoms with Gasteiger partial charge in [0.2, 0.25) is 5.91 Å². The molecule has 0 bridgehead atoms. The van der Waals surface area contributed by atoms with Crippen molar-refractivity contribution in [3.05, 3.63) is 59.9 Å². The van der Waals surface area contributed by atoms with Gasteiger partial charge in [0.25, 0.3) is 0 Å². The SMILES string of the molecule is CN(CCc1ccncc1)C(=O)C1Cc2ccccc2N1. The van der Waals surface area contributed by atoms with Gasteiger partial charge in [0.15, 0.2) is 0 Å². The fourth-order valence-electron chi connectivity index (χ4n) is 2.67. The number of carbonyl (C=O) groups excluding carboxylic acids is 1. The van der Waals surface area contributed by atoms with Gasteiger partial charge in [0.05, 0.1) is 0 Å². The van der Waals surface area contributed by atoms with Crippen LogP contribution in [0.15, 0.2) is 48.8 Å². The van der Waals surface area contributed by atoms with Crippen molar-refractivity contribution < 1.29 is 4.79 Å². The first-order valence-corrected chi connectivity index (χ1v) is 7.22. The predicted octanol–water partition coefficient (Wildman–Crippen LogP) is 2.12. The van der Waals surface area contributed by atoms with Crippen molar-refractivity contribution in [1.29, 1.82) is 0 Å². The fraction of sp³-hybridized carbons (Fsp3) is 0.294. The smallest absolute Gasteiger partial charge is 0.245 e. The molecule has 1 aliphatic heterocycles. The summed E-state index contributed by atoms with van der Waals surface area (Å²) in [7, 11) is 1.87. The first-order valence-electron chi connectivity index (χ1n) is 7.22. The van der Waals surface area contributed by atoms with Gasteiger partial charge in [-0.2, -0.15) is 0 Å². The summed E-state index contributed by atoms with van der Waals surface area (Å²) in [5.74, 6) is 0.153. The number of fused-ring (bicyclic) bond motifs is 1. The van der Waals surface area contributed by atoms with Crippen LogP contribution < -0.4 is 5.32 Å². The summed E-state index contributed by atoms with van der Waals surface area (Å²) in [5.41, 5.74) is 3.50. The standard InChI is InChI=1S/C17H19N3O/c1-20(11-8-13-6-9-18-10-7-13)17(21)16-12-14-4-2-3-5-15(14)19-16/h2-7,9-10,16,19H,8,11-12H2,1H3. The monoisotopic (exact) mass is 281 g/mol. The molecule has 0 radical (unpaired) electrons. The van der Waals surface area contributed by atoms with Crippen LogP contribution in [0.5, 0.6) is 0 Å². The van der Waals surface area contributed by atoms with Gasteiger partial charge in [-0.25, -0.2) is 0 Å². The molecule has 1 unspecified atom stereocenters. The summed E-state index contributed by atoms with van der Waals surface area (Å²) in [6.07, 6.45) is 5.19. The third-order valence-electron chi connectivity index (χ3n) is 3.93. The Kier molecular flexibility index (Phi) is 3.86. The highest BCUT2D eigenvalue weighted by Gasteiger charge is 2.28. The van der Waals surface area contributed by atoms with E-state index >= 15 is 0 Å². The molecule has 0 fully saturated rings. The topological polar surface area (TPSA) is 45.2 Å². The number of pyridine rings is 1. The number of carbonyl (C=O) groups is 1. The van der Waals surface area contributed by atoms with E-state index in [0.29, 0.717) is 0 Å². The van der Waals surface area contributed by atoms with E-state index in [0.717, 1.165) is 25.1 Å². The maximum Gasteiger partial charge on any atom is 0.245 e. The molecule has 2 aromatic rings. The van der Waals surface area contributed by atoms with Crippen LogP contribution >= 0.6 is 0 Å². The molecule has 4 nitrogen and oxygen atoms in total. The summed E-state index contributed by atoms with van der Waals surface area (Å²) in [6, 6.07) is 12.0. The number of likely N-dealkylation sites (N-methyl/N-ethyl adjacent to an activating group) is 1. The molecule has 2 heterocycles. The molecular weight excluding hydrogens is 262 g/mol. The highest BCUT2D eigenvalue weighted by molar-refractivity contribution is 5.87. The maximum atomic E-state index is 12.5. The number of hydrogen-bond acceptors (Lipinski definition) is 3. The van der Waals surface area contributed by atoms with E-state index in [2.05, 4.69) is 16.4 Å². The molecule has 1 aromatic carbocycles. The molecule has 3 rings (SSSR count). The first-order chi connectivity index (χ1) is 10.2. The minimum atomic E-state index is -0.134. The number of amides is 1. The van der Waals surface area contributed by atoms with Gasteiger partial charge in [-0.05, 0) is 35.7 Å². The normalized spacial score (nSPS) is 16.1. The molecule has 108 valence electrons. The summed E-state index contributed by atoms with van der Waals surface area (Å²) < 4.78 is 0. The summed E-state index contributed by atoms with van der Waals surface area (Å²) in [6.45, 7) is 0.720. The van der Waals surface area contributed by atoms with Crippen molar-refractivity contribution in [2.75, 3.05) is 18.9 Å². The molecule has 1 aliphatic rings. The Hall–Kier alpha value is -2.36. The molecule has 0 saturated heterocycles. The van der Waals surface area contributed by atoms with Gasteiger partial charge < -0.3 is 10.2 Å². The number of benzene rings is 1. The van der Waals surface area contributed by atoms with Gasteiger partial charge in [-0.1, -0.05) is 18.2 Å². The van der Waals surface area contributed by atoms with E-state index in [1.165, 1.54) is 11.1 Å². The van der Waals surface area contributed by atoms with Crippen molar-refractivity contribution in [2.45, 2.75) is 18.9 Å². The maximum absolute atomic E-state index is 12.5. The average molecular weight is 281 g/mol. The predicted molar refractivity (Wildman–Crippen MR) is 83.1 cm³/mol. The van der Waals surface area contributed by atoms with Crippen LogP contribution in [-0.2, 0) is 17.6 Å². The van der Waals surface area contributed by atoms with Crippen molar-refractivity contribution in [3.8, 4) is 0 Å². The Labute approximate surface area is 124 Å². The molecule has 21 heavy (non-hydrogen) atoms. The molecule has 1 amide bonds. The lowest BCUT2D eigenvalue weighted by Crippen LogP contribution is -2.40. The zero-order valence-electron chi connectivity index (χ0n) is 12.1. The van der Waals surface area contributed by atoms with Crippen LogP contribution in [0.1, 0.15) is 11.1 Å². The van der Waals surface area contributed by atoms with Crippen molar-refractivity contribution in [1.82, 2.24) is 9.88 Å². The Balaban J connectivity index is 1.56. The van der Waals surface area contributed by atoms with Crippen molar-refractivity contribution in [3.63, 3.8) is 0 Å². The Bertz CT molecular complexity index is 602. The van der Waals surface area contributed by atoms with Crippen LogP contribution in [0.4, 0.5) is 5.69 Å². The molecule has 1 aromatic heterocycles. The van der Waals surface area contributed by atoms with Gasteiger partial charge in [-0.15, -0.1) is 0 Å². The van der Waals surface area contributed by atoms with E-state index in [1.807, 2.05) is 42.3 Å². The van der Waals surface area contributed by atoms with Gasteiger partial charge >= 0.3 is 0 Å². The van der Waals surface area contributed by atoms with Crippen LogP contribution in [-0.4, -0.2) is 35.4 Å². The zero-order valence-corrected chi connectivity index (χ0v) is 12.1. The Morgan fingerprint density at radius 2 is 2.05 bits per heavy atom. The number of nitrogens with zero attached hydrogens (tertiary/aromatic N) is 2. The number of hydrogen-bond donors (Lipinski definition) is 1. The van der Waals surface area contributed by atoms with Crippen molar-refractivity contribution >= 4 is 11.6 Å². The van der Waals surface area contributed by atoms with E-state index in [4.69, 9.17) is 0 Å². The summed E-state index contributed by atoms with van der Waals surface area (Å²) >= 11 is 0. The van der Waals surface area contributed by atoms with Crippen LogP contribution in [0.3, 0.4) is 0 Å². The Morgan fingerprint density at radius 3 is 2.81 bits per heavy atom. The van der Waals surface area contributed by atoms with Crippen LogP contribution in [0, 0.1) is 0 Å². The average Bonchev–Trinajstić information content (AvgIpc) is 2.97. The number of para-hydroxylation sites is 1. The van der Waals surface area contributed by atoms with Gasteiger partial charge in [0, 0.05) is 38.1 Å². The van der Waals surface area contributed by atoms with E-state index in [9.17, 15) is 4.79 Å². The lowest BCUT2D eigenvalue weighted by atomic mass is 10.1. The molecular formula is C17H19N3O. The third-order valence-corrected chi connectivity index (χ3v) is 3.93. The first kappa shape index (κ1) is 13.6. The molecule has 1 N–H and O–H groups in total. The molecule has 1 atom stereocenters. The fourth-order valence-corrected chi connectivity index (χ4v) is 2.67. The summed E-state index contributed by atoms with van der Waals surface area (Å²) in [5, 5.41) is 3.31. The zero-order chi connectivity index (χ0) is 14.7. The third kappa shape index (κ3) is 3.05. The second kappa shape index (κ2) is 5.95. The summed E-state index contributed by atoms with van der Waals surface area (Å²) in [4.78, 5) is 18.3. The molecule has 0 spiro atoms. The molecule has 0 saturated carbocycles. The van der Waals surface area contributed by atoms with Gasteiger partial charge in [-0.3, -0.25) is 9.78 Å². The quantitative estimate of drug-likeness (QED) is 0.933. The molecule has 0 aliphatic carbocycles. The van der Waals surface area contributed by atoms with E-state index in [-0.39, 0.29) is 11.9 Å². The van der Waals surface area contributed by atoms with E-state index < -0.39 is 0 Å². The van der Waals surface area contributed by atoms with Crippen LogP contribution in [0.2, 0.25) is 0 Å². The van der Waals surface area contributed by atoms with Crippen molar-refractivity contribution in [2.24, 2.45) is 0 Å². The molecule has 4 heteroatoms. The largest absolute Gasteiger partial charge is 0.373 e. The minimum absolute atomic E-state index is 0.134.